The molecule has 1 nitrogen and oxygen atoms in total. The Kier molecular flexibility index (Phi) is 5.93. The lowest BCUT2D eigenvalue weighted by Gasteiger charge is -2.08. The number of ether oxygens (including phenoxy) is 1. The van der Waals surface area contributed by atoms with Crippen molar-refractivity contribution in [1.29, 1.82) is 0 Å². The lowest BCUT2D eigenvalue weighted by atomic mass is 10.0. The molecule has 0 aliphatic carbocycles. The largest absolute Gasteiger partial charge is 0.494 e. The second-order valence-corrected chi connectivity index (χ2v) is 5.47. The van der Waals surface area contributed by atoms with Crippen LogP contribution in [0.1, 0.15) is 36.5 Å². The topological polar surface area (TPSA) is 9.23 Å². The quantitative estimate of drug-likeness (QED) is 0.691. The minimum absolute atomic E-state index is 0.0541. The fourth-order valence-electron chi connectivity index (χ4n) is 2.45. The van der Waals surface area contributed by atoms with Crippen molar-refractivity contribution in [2.24, 2.45) is 0 Å². The van der Waals surface area contributed by atoms with Gasteiger partial charge in [0.2, 0.25) is 5.82 Å². The maximum absolute atomic E-state index is 13.9. The third-order valence-corrected chi connectivity index (χ3v) is 3.87. The molecule has 0 fully saturated rings. The summed E-state index contributed by atoms with van der Waals surface area (Å²) in [6.07, 6.45) is 4.63. The first kappa shape index (κ1) is 16.5. The van der Waals surface area contributed by atoms with E-state index in [1.54, 1.807) is 6.07 Å². The van der Waals surface area contributed by atoms with E-state index in [9.17, 15) is 8.78 Å². The third kappa shape index (κ3) is 4.06. The molecule has 0 unspecified atom stereocenters. The van der Waals surface area contributed by atoms with Gasteiger partial charge in [0.1, 0.15) is 0 Å². The van der Waals surface area contributed by atoms with Gasteiger partial charge in [-0.25, -0.2) is 4.39 Å². The second kappa shape index (κ2) is 7.92. The molecule has 0 heterocycles. The molecule has 2 aromatic carbocycles. The molecular formula is C19H22F2O. The van der Waals surface area contributed by atoms with E-state index < -0.39 is 11.6 Å². The van der Waals surface area contributed by atoms with Crippen LogP contribution in [0.4, 0.5) is 8.78 Å². The van der Waals surface area contributed by atoms with Gasteiger partial charge in [0.25, 0.3) is 0 Å². The number of rotatable bonds is 7. The van der Waals surface area contributed by atoms with Crippen molar-refractivity contribution in [3.05, 3.63) is 64.7 Å². The van der Waals surface area contributed by atoms with E-state index in [1.807, 2.05) is 0 Å². The first-order chi connectivity index (χ1) is 10.7. The van der Waals surface area contributed by atoms with Crippen molar-refractivity contribution < 1.29 is 13.5 Å². The Labute approximate surface area is 130 Å². The van der Waals surface area contributed by atoms with Gasteiger partial charge in [0, 0.05) is 0 Å². The van der Waals surface area contributed by atoms with Gasteiger partial charge in [-0.15, -0.1) is 0 Å². The molecule has 0 spiro atoms. The summed E-state index contributed by atoms with van der Waals surface area (Å²) in [4.78, 5) is 0. The number of halogens is 2. The van der Waals surface area contributed by atoms with E-state index in [4.69, 9.17) is 4.74 Å². The zero-order valence-electron chi connectivity index (χ0n) is 13.2. The van der Waals surface area contributed by atoms with Gasteiger partial charge < -0.3 is 4.74 Å². The van der Waals surface area contributed by atoms with Crippen LogP contribution in [0.25, 0.3) is 0 Å². The predicted molar refractivity (Wildman–Crippen MR) is 85.4 cm³/mol. The molecule has 0 amide bonds. The van der Waals surface area contributed by atoms with Crippen LogP contribution >= 0.6 is 0 Å². The average Bonchev–Trinajstić information content (AvgIpc) is 2.55. The molecule has 2 rings (SSSR count). The fourth-order valence-corrected chi connectivity index (χ4v) is 2.45. The fraction of sp³-hybridized carbons (Fsp3) is 0.368. The highest BCUT2D eigenvalue weighted by molar-refractivity contribution is 5.32. The van der Waals surface area contributed by atoms with Crippen molar-refractivity contribution in [3.63, 3.8) is 0 Å². The highest BCUT2D eigenvalue weighted by atomic mass is 19.2. The Bertz CT molecular complexity index is 606. The van der Waals surface area contributed by atoms with E-state index in [1.165, 1.54) is 31.6 Å². The maximum Gasteiger partial charge on any atom is 0.200 e. The first-order valence-corrected chi connectivity index (χ1v) is 7.74. The standard InChI is InChI=1S/C19H22F2O/c1-3-4-5-14-6-8-15(9-7-14)10-11-16-12-13-17(22-2)19(21)18(16)20/h6-9,12-13H,3-5,10-11H2,1-2H3. The van der Waals surface area contributed by atoms with Crippen LogP contribution in [0.5, 0.6) is 5.75 Å². The Hall–Kier alpha value is -1.90. The average molecular weight is 304 g/mol. The van der Waals surface area contributed by atoms with Crippen LogP contribution in [0.3, 0.4) is 0 Å². The molecule has 22 heavy (non-hydrogen) atoms. The molecule has 0 bridgehead atoms. The highest BCUT2D eigenvalue weighted by Crippen LogP contribution is 2.23. The molecule has 2 aromatic rings. The van der Waals surface area contributed by atoms with Crippen LogP contribution in [-0.4, -0.2) is 7.11 Å². The summed E-state index contributed by atoms with van der Waals surface area (Å²) >= 11 is 0. The number of methoxy groups -OCH3 is 1. The van der Waals surface area contributed by atoms with Crippen molar-refractivity contribution in [3.8, 4) is 5.75 Å². The summed E-state index contributed by atoms with van der Waals surface area (Å²) < 4.78 is 32.3. The van der Waals surface area contributed by atoms with Gasteiger partial charge in [0.05, 0.1) is 7.11 Å². The van der Waals surface area contributed by atoms with Crippen LogP contribution in [0.2, 0.25) is 0 Å². The van der Waals surface area contributed by atoms with E-state index in [-0.39, 0.29) is 5.75 Å². The number of aryl methyl sites for hydroxylation is 3. The lowest BCUT2D eigenvalue weighted by molar-refractivity contribution is 0.370. The van der Waals surface area contributed by atoms with E-state index in [0.29, 0.717) is 18.4 Å². The number of benzene rings is 2. The number of unbranched alkanes of at least 4 members (excludes halogenated alkanes) is 1. The van der Waals surface area contributed by atoms with Crippen LogP contribution in [0.15, 0.2) is 36.4 Å². The zero-order chi connectivity index (χ0) is 15.9. The van der Waals surface area contributed by atoms with E-state index >= 15 is 0 Å². The molecule has 118 valence electrons. The Morgan fingerprint density at radius 3 is 2.05 bits per heavy atom. The van der Waals surface area contributed by atoms with Gasteiger partial charge in [-0.1, -0.05) is 43.7 Å². The molecule has 0 N–H and O–H groups in total. The predicted octanol–water partition coefficient (Wildman–Crippen LogP) is 5.10. The Balaban J connectivity index is 1.99. The van der Waals surface area contributed by atoms with Crippen LogP contribution < -0.4 is 4.74 Å². The zero-order valence-corrected chi connectivity index (χ0v) is 13.2. The van der Waals surface area contributed by atoms with Gasteiger partial charge in [-0.05, 0) is 48.4 Å². The molecule has 0 saturated carbocycles. The molecule has 0 radical (unpaired) electrons. The number of hydrogen-bond acceptors (Lipinski definition) is 1. The normalized spacial score (nSPS) is 10.7. The van der Waals surface area contributed by atoms with E-state index in [2.05, 4.69) is 31.2 Å². The summed E-state index contributed by atoms with van der Waals surface area (Å²) in [5.41, 5.74) is 2.84. The third-order valence-electron chi connectivity index (χ3n) is 3.87. The van der Waals surface area contributed by atoms with Crippen LogP contribution in [0, 0.1) is 11.6 Å². The Morgan fingerprint density at radius 2 is 1.45 bits per heavy atom. The molecule has 0 atom stereocenters. The van der Waals surface area contributed by atoms with E-state index in [0.717, 1.165) is 12.0 Å². The minimum Gasteiger partial charge on any atom is -0.494 e. The first-order valence-electron chi connectivity index (χ1n) is 7.74. The van der Waals surface area contributed by atoms with Crippen molar-refractivity contribution in [2.75, 3.05) is 7.11 Å². The van der Waals surface area contributed by atoms with Crippen molar-refractivity contribution in [2.45, 2.75) is 39.0 Å². The van der Waals surface area contributed by atoms with Crippen LogP contribution in [-0.2, 0) is 19.3 Å². The van der Waals surface area contributed by atoms with Crippen molar-refractivity contribution >= 4 is 0 Å². The van der Waals surface area contributed by atoms with Gasteiger partial charge >= 0.3 is 0 Å². The summed E-state index contributed by atoms with van der Waals surface area (Å²) in [5.74, 6) is -1.77. The van der Waals surface area contributed by atoms with Gasteiger partial charge in [-0.2, -0.15) is 4.39 Å². The molecular weight excluding hydrogens is 282 g/mol. The smallest absolute Gasteiger partial charge is 0.200 e. The molecule has 0 aromatic heterocycles. The molecule has 0 aliphatic rings. The molecule has 0 saturated heterocycles. The maximum atomic E-state index is 13.9. The number of hydrogen-bond donors (Lipinski definition) is 0. The molecule has 0 aliphatic heterocycles. The summed E-state index contributed by atoms with van der Waals surface area (Å²) in [6, 6.07) is 11.5. The van der Waals surface area contributed by atoms with Crippen molar-refractivity contribution in [1.82, 2.24) is 0 Å². The SMILES string of the molecule is CCCCc1ccc(CCc2ccc(OC)c(F)c2F)cc1. The second-order valence-electron chi connectivity index (χ2n) is 5.47. The van der Waals surface area contributed by atoms with Gasteiger partial charge in [0.15, 0.2) is 11.6 Å². The summed E-state index contributed by atoms with van der Waals surface area (Å²) in [6.45, 7) is 2.18. The summed E-state index contributed by atoms with van der Waals surface area (Å²) in [5, 5.41) is 0. The molecule has 3 heteroatoms. The minimum atomic E-state index is -0.907. The monoisotopic (exact) mass is 304 g/mol. The summed E-state index contributed by atoms with van der Waals surface area (Å²) in [7, 11) is 1.33. The lowest BCUT2D eigenvalue weighted by Crippen LogP contribution is -2.00. The Morgan fingerprint density at radius 1 is 0.818 bits per heavy atom. The van der Waals surface area contributed by atoms with Gasteiger partial charge in [-0.3, -0.25) is 0 Å². The highest BCUT2D eigenvalue weighted by Gasteiger charge is 2.13.